The van der Waals surface area contributed by atoms with Crippen LogP contribution in [0.15, 0.2) is 24.4 Å². The van der Waals surface area contributed by atoms with Crippen LogP contribution in [-0.4, -0.2) is 33.1 Å². The number of carbonyl (C=O) groups is 2. The van der Waals surface area contributed by atoms with Crippen molar-refractivity contribution in [1.82, 2.24) is 9.97 Å². The van der Waals surface area contributed by atoms with E-state index in [1.807, 2.05) is 12.3 Å². The summed E-state index contributed by atoms with van der Waals surface area (Å²) in [5.41, 5.74) is 1.44. The first-order valence-electron chi connectivity index (χ1n) is 9.85. The van der Waals surface area contributed by atoms with Gasteiger partial charge in [0.25, 0.3) is 0 Å². The number of halogens is 1. The van der Waals surface area contributed by atoms with Crippen LogP contribution in [0.4, 0.5) is 5.69 Å². The number of ether oxygens (including phenoxy) is 1. The SMILES string of the molecule is O=C(O)c1ccc2c(n1)C1(CCC(Oc3ncc(C4CC4)cc3Cl)CC1)C(=O)N2. The van der Waals surface area contributed by atoms with Crippen molar-refractivity contribution in [2.45, 2.75) is 56.0 Å². The lowest BCUT2D eigenvalue weighted by atomic mass is 9.71. The van der Waals surface area contributed by atoms with E-state index in [0.717, 1.165) is 5.56 Å². The highest BCUT2D eigenvalue weighted by Crippen LogP contribution is 2.47. The molecule has 1 spiro atoms. The zero-order valence-corrected chi connectivity index (χ0v) is 16.4. The number of fused-ring (bicyclic) bond motifs is 2. The molecule has 1 aliphatic heterocycles. The lowest BCUT2D eigenvalue weighted by Gasteiger charge is -2.34. The van der Waals surface area contributed by atoms with Crippen LogP contribution in [0, 0.1) is 0 Å². The third kappa shape index (κ3) is 3.13. The molecular weight excluding hydrogens is 394 g/mol. The molecule has 7 nitrogen and oxygen atoms in total. The molecule has 0 atom stereocenters. The van der Waals surface area contributed by atoms with Crippen molar-refractivity contribution in [3.8, 4) is 5.88 Å². The van der Waals surface area contributed by atoms with Crippen molar-refractivity contribution >= 4 is 29.2 Å². The first kappa shape index (κ1) is 18.4. The Morgan fingerprint density at radius 2 is 2.00 bits per heavy atom. The van der Waals surface area contributed by atoms with E-state index >= 15 is 0 Å². The van der Waals surface area contributed by atoms with E-state index in [2.05, 4.69) is 15.3 Å². The van der Waals surface area contributed by atoms with Crippen molar-refractivity contribution in [3.05, 3.63) is 46.4 Å². The molecular formula is C21H20ClN3O4. The molecule has 3 heterocycles. The van der Waals surface area contributed by atoms with Gasteiger partial charge >= 0.3 is 5.97 Å². The second kappa shape index (κ2) is 6.69. The van der Waals surface area contributed by atoms with Crippen LogP contribution >= 0.6 is 11.6 Å². The van der Waals surface area contributed by atoms with Crippen LogP contribution in [0.3, 0.4) is 0 Å². The molecule has 0 unspecified atom stereocenters. The average Bonchev–Trinajstić information content (AvgIpc) is 3.52. The molecule has 5 rings (SSSR count). The van der Waals surface area contributed by atoms with E-state index in [9.17, 15) is 14.7 Å². The molecule has 2 aromatic heterocycles. The highest BCUT2D eigenvalue weighted by Gasteiger charge is 2.50. The molecule has 150 valence electrons. The summed E-state index contributed by atoms with van der Waals surface area (Å²) in [6.45, 7) is 0. The van der Waals surface area contributed by atoms with Crippen LogP contribution in [0.5, 0.6) is 5.88 Å². The predicted octanol–water partition coefficient (Wildman–Crippen LogP) is 3.92. The van der Waals surface area contributed by atoms with E-state index in [1.165, 1.54) is 18.9 Å². The number of nitrogens with zero attached hydrogens (tertiary/aromatic N) is 2. The molecule has 2 N–H and O–H groups in total. The normalized spacial score (nSPS) is 25.6. The van der Waals surface area contributed by atoms with Crippen LogP contribution in [0.25, 0.3) is 0 Å². The maximum Gasteiger partial charge on any atom is 0.354 e. The van der Waals surface area contributed by atoms with E-state index in [1.54, 1.807) is 6.07 Å². The number of hydrogen-bond acceptors (Lipinski definition) is 5. The lowest BCUT2D eigenvalue weighted by molar-refractivity contribution is -0.122. The Hall–Kier alpha value is -2.67. The number of aromatic carboxylic acids is 1. The summed E-state index contributed by atoms with van der Waals surface area (Å²) in [4.78, 5) is 32.7. The summed E-state index contributed by atoms with van der Waals surface area (Å²) in [5, 5.41) is 12.6. The van der Waals surface area contributed by atoms with Crippen LogP contribution in [0.1, 0.15) is 66.2 Å². The van der Waals surface area contributed by atoms with Gasteiger partial charge < -0.3 is 15.2 Å². The highest BCUT2D eigenvalue weighted by molar-refractivity contribution is 6.31. The zero-order valence-electron chi connectivity index (χ0n) is 15.7. The standard InChI is InChI=1S/C21H20ClN3O4/c22-14-9-12(11-1-2-11)10-23-18(14)29-13-5-7-21(8-6-13)17-15(25-20(21)28)3-4-16(24-17)19(26)27/h3-4,9-11,13H,1-2,5-8H2,(H,25,28)(H,26,27). The highest BCUT2D eigenvalue weighted by atomic mass is 35.5. The van der Waals surface area contributed by atoms with Crippen LogP contribution < -0.4 is 10.1 Å². The van der Waals surface area contributed by atoms with E-state index < -0.39 is 11.4 Å². The van der Waals surface area contributed by atoms with Crippen LogP contribution in [-0.2, 0) is 10.2 Å². The van der Waals surface area contributed by atoms with E-state index in [0.29, 0.717) is 53.9 Å². The number of amides is 1. The molecule has 3 aliphatic rings. The van der Waals surface area contributed by atoms with Crippen molar-refractivity contribution in [1.29, 1.82) is 0 Å². The minimum Gasteiger partial charge on any atom is -0.477 e. The Morgan fingerprint density at radius 3 is 2.66 bits per heavy atom. The van der Waals surface area contributed by atoms with Gasteiger partial charge in [-0.25, -0.2) is 14.8 Å². The largest absolute Gasteiger partial charge is 0.477 e. The number of hydrogen-bond donors (Lipinski definition) is 2. The fraction of sp³-hybridized carbons (Fsp3) is 0.429. The minimum atomic E-state index is -1.10. The van der Waals surface area contributed by atoms with Crippen molar-refractivity contribution in [2.24, 2.45) is 0 Å². The summed E-state index contributed by atoms with van der Waals surface area (Å²) in [6, 6.07) is 4.96. The molecule has 1 amide bonds. The Bertz CT molecular complexity index is 1010. The summed E-state index contributed by atoms with van der Waals surface area (Å²) < 4.78 is 6.04. The topological polar surface area (TPSA) is 101 Å². The van der Waals surface area contributed by atoms with Gasteiger partial charge in [0.1, 0.15) is 16.8 Å². The molecule has 0 saturated heterocycles. The molecule has 0 aromatic carbocycles. The monoisotopic (exact) mass is 413 g/mol. The number of anilines is 1. The van der Waals surface area contributed by atoms with Gasteiger partial charge in [0.05, 0.1) is 16.8 Å². The van der Waals surface area contributed by atoms with Crippen LogP contribution in [0.2, 0.25) is 5.02 Å². The fourth-order valence-corrected chi connectivity index (χ4v) is 4.60. The number of carboxylic acid groups (broad SMARTS) is 1. The summed E-state index contributed by atoms with van der Waals surface area (Å²) in [6.07, 6.45) is 6.43. The van der Waals surface area contributed by atoms with Gasteiger partial charge in [0, 0.05) is 6.20 Å². The van der Waals surface area contributed by atoms with Crippen molar-refractivity contribution in [2.75, 3.05) is 5.32 Å². The second-order valence-electron chi connectivity index (χ2n) is 8.08. The van der Waals surface area contributed by atoms with Gasteiger partial charge in [-0.15, -0.1) is 0 Å². The summed E-state index contributed by atoms with van der Waals surface area (Å²) in [7, 11) is 0. The molecule has 0 bridgehead atoms. The molecule has 8 heteroatoms. The molecule has 2 aromatic rings. The smallest absolute Gasteiger partial charge is 0.354 e. The van der Waals surface area contributed by atoms with Gasteiger partial charge in [-0.2, -0.15) is 0 Å². The number of carboxylic acids is 1. The first-order valence-corrected chi connectivity index (χ1v) is 10.2. The Labute approximate surface area is 172 Å². The molecule has 2 aliphatic carbocycles. The van der Waals surface area contributed by atoms with E-state index in [4.69, 9.17) is 16.3 Å². The summed E-state index contributed by atoms with van der Waals surface area (Å²) >= 11 is 6.36. The molecule has 2 saturated carbocycles. The lowest BCUT2D eigenvalue weighted by Crippen LogP contribution is -2.41. The molecule has 2 fully saturated rings. The van der Waals surface area contributed by atoms with E-state index in [-0.39, 0.29) is 17.7 Å². The number of aromatic nitrogens is 2. The van der Waals surface area contributed by atoms with Gasteiger partial charge in [-0.3, -0.25) is 4.79 Å². The molecule has 29 heavy (non-hydrogen) atoms. The van der Waals surface area contributed by atoms with Crippen molar-refractivity contribution in [3.63, 3.8) is 0 Å². The number of carbonyl (C=O) groups excluding carboxylic acids is 1. The average molecular weight is 414 g/mol. The number of rotatable bonds is 4. The maximum absolute atomic E-state index is 12.7. The van der Waals surface area contributed by atoms with Gasteiger partial charge in [-0.05, 0) is 68.2 Å². The van der Waals surface area contributed by atoms with Gasteiger partial charge in [0.15, 0.2) is 0 Å². The quantitative estimate of drug-likeness (QED) is 0.787. The maximum atomic E-state index is 12.7. The zero-order chi connectivity index (χ0) is 20.2. The molecule has 0 radical (unpaired) electrons. The number of pyridine rings is 2. The van der Waals surface area contributed by atoms with Crippen molar-refractivity contribution < 1.29 is 19.4 Å². The third-order valence-electron chi connectivity index (χ3n) is 6.19. The first-order chi connectivity index (χ1) is 14.0. The Balaban J connectivity index is 1.32. The summed E-state index contributed by atoms with van der Waals surface area (Å²) in [5.74, 6) is -0.215. The Kier molecular flexibility index (Phi) is 4.24. The Morgan fingerprint density at radius 1 is 1.24 bits per heavy atom. The minimum absolute atomic E-state index is 0.0512. The fourth-order valence-electron chi connectivity index (χ4n) is 4.38. The van der Waals surface area contributed by atoms with Gasteiger partial charge in [0.2, 0.25) is 11.8 Å². The second-order valence-corrected chi connectivity index (χ2v) is 8.49. The number of nitrogens with one attached hydrogen (secondary N) is 1. The predicted molar refractivity (Wildman–Crippen MR) is 106 cm³/mol. The van der Waals surface area contributed by atoms with Gasteiger partial charge in [-0.1, -0.05) is 11.6 Å². The third-order valence-corrected chi connectivity index (χ3v) is 6.46.